The fourth-order valence-electron chi connectivity index (χ4n) is 5.26. The summed E-state index contributed by atoms with van der Waals surface area (Å²) in [7, 11) is 0. The van der Waals surface area contributed by atoms with Crippen molar-refractivity contribution >= 4 is 23.2 Å². The van der Waals surface area contributed by atoms with Gasteiger partial charge >= 0.3 is 0 Å². The molecule has 37 heavy (non-hydrogen) atoms. The zero-order valence-electron chi connectivity index (χ0n) is 21.4. The molecule has 0 atom stereocenters. The van der Waals surface area contributed by atoms with Crippen molar-refractivity contribution in [3.05, 3.63) is 35.2 Å². The summed E-state index contributed by atoms with van der Waals surface area (Å²) < 4.78 is 31.3. The second kappa shape index (κ2) is 12.2. The molecule has 2 aromatic rings. The molecule has 1 saturated carbocycles. The van der Waals surface area contributed by atoms with Crippen molar-refractivity contribution in [3.8, 4) is 11.3 Å². The third-order valence-electron chi connectivity index (χ3n) is 7.57. The Labute approximate surface area is 223 Å². The van der Waals surface area contributed by atoms with Crippen LogP contribution < -0.4 is 16.0 Å². The number of halogens is 2. The molecule has 2 aromatic heterocycles. The summed E-state index contributed by atoms with van der Waals surface area (Å²) in [5.41, 5.74) is 1.34. The van der Waals surface area contributed by atoms with Crippen LogP contribution in [0.25, 0.3) is 11.3 Å². The molecule has 0 aromatic carbocycles. The van der Waals surface area contributed by atoms with Crippen molar-refractivity contribution in [1.82, 2.24) is 15.3 Å². The fourth-order valence-corrected chi connectivity index (χ4v) is 5.46. The predicted octanol–water partition coefficient (Wildman–Crippen LogP) is 4.85. The highest BCUT2D eigenvalue weighted by molar-refractivity contribution is 6.33. The van der Waals surface area contributed by atoms with Crippen molar-refractivity contribution in [2.45, 2.75) is 63.3 Å². The summed E-state index contributed by atoms with van der Waals surface area (Å²) >= 11 is 6.50. The van der Waals surface area contributed by atoms with E-state index in [0.29, 0.717) is 55.0 Å². The minimum atomic E-state index is -0.507. The number of pyridine rings is 2. The lowest BCUT2D eigenvalue weighted by atomic mass is 9.91. The van der Waals surface area contributed by atoms with Crippen LogP contribution in [0, 0.1) is 11.7 Å². The van der Waals surface area contributed by atoms with Crippen LogP contribution in [-0.4, -0.2) is 67.4 Å². The van der Waals surface area contributed by atoms with Gasteiger partial charge in [0.25, 0.3) is 0 Å². The van der Waals surface area contributed by atoms with Crippen LogP contribution in [0.2, 0.25) is 5.02 Å². The Hall–Kier alpha value is -2.04. The molecule has 0 unspecified atom stereocenters. The maximum atomic E-state index is 14.5. The molecule has 3 fully saturated rings. The minimum absolute atomic E-state index is 0.250. The minimum Gasteiger partial charge on any atom is -0.381 e. The SMILES string of the molecule is CC1(CNC2CCC(Nc3cc(-c4ccc(F)c(NCC5CCOCC5)n4)c(Cl)cn3)CC2)OCCO1. The van der Waals surface area contributed by atoms with E-state index in [4.69, 9.17) is 25.8 Å². The summed E-state index contributed by atoms with van der Waals surface area (Å²) in [6.07, 6.45) is 7.77. The first kappa shape index (κ1) is 26.6. The third-order valence-corrected chi connectivity index (χ3v) is 7.87. The Morgan fingerprint density at radius 1 is 1.03 bits per heavy atom. The lowest BCUT2D eigenvalue weighted by Crippen LogP contribution is -2.45. The zero-order valence-corrected chi connectivity index (χ0v) is 22.2. The maximum Gasteiger partial charge on any atom is 0.178 e. The Kier molecular flexibility index (Phi) is 8.77. The highest BCUT2D eigenvalue weighted by Crippen LogP contribution is 2.31. The van der Waals surface area contributed by atoms with Crippen LogP contribution in [0.5, 0.6) is 0 Å². The highest BCUT2D eigenvalue weighted by atomic mass is 35.5. The van der Waals surface area contributed by atoms with E-state index in [2.05, 4.69) is 25.9 Å². The molecule has 8 nitrogen and oxygen atoms in total. The van der Waals surface area contributed by atoms with Gasteiger partial charge in [-0.2, -0.15) is 0 Å². The first-order chi connectivity index (χ1) is 18.0. The number of ether oxygens (including phenoxy) is 3. The smallest absolute Gasteiger partial charge is 0.178 e. The lowest BCUT2D eigenvalue weighted by Gasteiger charge is -2.32. The van der Waals surface area contributed by atoms with Gasteiger partial charge in [-0.1, -0.05) is 11.6 Å². The van der Waals surface area contributed by atoms with E-state index in [1.54, 1.807) is 12.3 Å². The largest absolute Gasteiger partial charge is 0.381 e. The van der Waals surface area contributed by atoms with E-state index in [0.717, 1.165) is 63.1 Å². The molecule has 0 spiro atoms. The topological polar surface area (TPSA) is 89.6 Å². The van der Waals surface area contributed by atoms with Crippen LogP contribution >= 0.6 is 11.6 Å². The fraction of sp³-hybridized carbons (Fsp3) is 0.630. The van der Waals surface area contributed by atoms with Crippen molar-refractivity contribution < 1.29 is 18.6 Å². The summed E-state index contributed by atoms with van der Waals surface area (Å²) in [4.78, 5) is 9.05. The molecule has 202 valence electrons. The molecule has 2 aliphatic heterocycles. The number of anilines is 2. The van der Waals surface area contributed by atoms with Crippen LogP contribution in [0.15, 0.2) is 24.4 Å². The lowest BCUT2D eigenvalue weighted by molar-refractivity contribution is -0.139. The molecular formula is C27H37ClFN5O3. The number of nitrogens with one attached hydrogen (secondary N) is 3. The van der Waals surface area contributed by atoms with E-state index in [1.165, 1.54) is 6.07 Å². The van der Waals surface area contributed by atoms with Crippen LogP contribution in [0.3, 0.4) is 0 Å². The molecule has 5 rings (SSSR count). The Balaban J connectivity index is 1.17. The van der Waals surface area contributed by atoms with E-state index in [1.807, 2.05) is 13.0 Å². The normalized spacial score (nSPS) is 24.2. The Morgan fingerprint density at radius 3 is 2.51 bits per heavy atom. The first-order valence-corrected chi connectivity index (χ1v) is 13.8. The summed E-state index contributed by atoms with van der Waals surface area (Å²) in [6.45, 7) is 6.20. The highest BCUT2D eigenvalue weighted by Gasteiger charge is 2.32. The van der Waals surface area contributed by atoms with Gasteiger partial charge in [-0.05, 0) is 69.6 Å². The van der Waals surface area contributed by atoms with Gasteiger partial charge in [-0.25, -0.2) is 14.4 Å². The number of rotatable bonds is 9. The van der Waals surface area contributed by atoms with Crippen molar-refractivity contribution in [3.63, 3.8) is 0 Å². The van der Waals surface area contributed by atoms with Gasteiger partial charge < -0.3 is 30.2 Å². The van der Waals surface area contributed by atoms with Crippen LogP contribution in [-0.2, 0) is 14.2 Å². The Bertz CT molecular complexity index is 1040. The summed E-state index contributed by atoms with van der Waals surface area (Å²) in [5.74, 6) is 0.577. The third kappa shape index (κ3) is 7.09. The molecule has 0 bridgehead atoms. The van der Waals surface area contributed by atoms with Crippen molar-refractivity contribution in [2.75, 3.05) is 50.2 Å². The summed E-state index contributed by atoms with van der Waals surface area (Å²) in [5, 5.41) is 10.8. The van der Waals surface area contributed by atoms with Crippen molar-refractivity contribution in [1.29, 1.82) is 0 Å². The molecule has 0 amide bonds. The van der Waals surface area contributed by atoms with Crippen LogP contribution in [0.1, 0.15) is 45.4 Å². The van der Waals surface area contributed by atoms with Gasteiger partial charge in [-0.15, -0.1) is 0 Å². The zero-order chi connectivity index (χ0) is 25.7. The average Bonchev–Trinajstić information content (AvgIpc) is 3.36. The number of aromatic nitrogens is 2. The van der Waals surface area contributed by atoms with Gasteiger partial charge in [0.1, 0.15) is 5.82 Å². The second-order valence-corrected chi connectivity index (χ2v) is 10.8. The molecule has 0 radical (unpaired) electrons. The van der Waals surface area contributed by atoms with Gasteiger partial charge in [0.05, 0.1) is 23.9 Å². The van der Waals surface area contributed by atoms with Gasteiger partial charge in [0.2, 0.25) is 0 Å². The van der Waals surface area contributed by atoms with Gasteiger partial charge in [0.15, 0.2) is 17.4 Å². The first-order valence-electron chi connectivity index (χ1n) is 13.4. The molecule has 3 aliphatic rings. The van der Waals surface area contributed by atoms with Gasteiger partial charge in [-0.3, -0.25) is 0 Å². The maximum absolute atomic E-state index is 14.5. The Morgan fingerprint density at radius 2 is 1.76 bits per heavy atom. The number of hydrogen-bond acceptors (Lipinski definition) is 8. The molecule has 2 saturated heterocycles. The van der Waals surface area contributed by atoms with E-state index in [-0.39, 0.29) is 11.6 Å². The molecule has 4 heterocycles. The number of hydrogen-bond donors (Lipinski definition) is 3. The van der Waals surface area contributed by atoms with E-state index >= 15 is 0 Å². The van der Waals surface area contributed by atoms with Crippen molar-refractivity contribution in [2.24, 2.45) is 5.92 Å². The predicted molar refractivity (Wildman–Crippen MR) is 142 cm³/mol. The summed E-state index contributed by atoms with van der Waals surface area (Å²) in [6, 6.07) is 5.79. The molecule has 10 heteroatoms. The van der Waals surface area contributed by atoms with E-state index in [9.17, 15) is 4.39 Å². The quantitative estimate of drug-likeness (QED) is 0.421. The standard InChI is InChI=1S/C27H37ClFN5O3/c1-27(36-12-13-37-27)17-32-19-2-4-20(5-3-19)33-25-14-21(22(28)16-30-25)24-7-6-23(29)26(34-24)31-15-18-8-10-35-11-9-18/h6-7,14,16,18-20,32H,2-5,8-13,15,17H2,1H3,(H,30,33)(H,31,34). The molecule has 3 N–H and O–H groups in total. The van der Waals surface area contributed by atoms with Crippen LogP contribution in [0.4, 0.5) is 16.0 Å². The monoisotopic (exact) mass is 533 g/mol. The van der Waals surface area contributed by atoms with Gasteiger partial charge in [0, 0.05) is 50.1 Å². The average molecular weight is 534 g/mol. The second-order valence-electron chi connectivity index (χ2n) is 10.4. The molecule has 1 aliphatic carbocycles. The van der Waals surface area contributed by atoms with E-state index < -0.39 is 5.79 Å². The number of nitrogens with zero attached hydrogens (tertiary/aromatic N) is 2. The molecular weight excluding hydrogens is 497 g/mol.